The minimum atomic E-state index is 1.07. The zero-order valence-electron chi connectivity index (χ0n) is 11.0. The van der Waals surface area contributed by atoms with Gasteiger partial charge in [0.1, 0.15) is 0 Å². The fourth-order valence-corrected chi connectivity index (χ4v) is 1.91. The van der Waals surface area contributed by atoms with Crippen LogP contribution < -0.4 is 5.32 Å². The van der Waals surface area contributed by atoms with Gasteiger partial charge in [0.2, 0.25) is 0 Å². The van der Waals surface area contributed by atoms with Crippen molar-refractivity contribution in [3.05, 3.63) is 23.3 Å². The Morgan fingerprint density at radius 2 is 2.00 bits per heavy atom. The number of hydrogen-bond acceptors (Lipinski definition) is 2. The molecule has 1 aromatic carbocycles. The molecule has 0 aliphatic carbocycles. The maximum absolute atomic E-state index is 4.71. The van der Waals surface area contributed by atoms with Gasteiger partial charge in [0, 0.05) is 12.8 Å². The molecule has 0 radical (unpaired) electrons. The van der Waals surface area contributed by atoms with Crippen molar-refractivity contribution in [1.29, 1.82) is 0 Å². The third kappa shape index (κ3) is 3.09. The second-order valence-corrected chi connectivity index (χ2v) is 4.33. The highest BCUT2D eigenvalue weighted by atomic mass is 14.9. The Bertz CT molecular complexity index is 392. The first-order chi connectivity index (χ1) is 7.58. The van der Waals surface area contributed by atoms with Gasteiger partial charge < -0.3 is 5.32 Å². The molecule has 0 aromatic heterocycles. The average molecular weight is 218 g/mol. The molecule has 1 N–H and O–H groups in total. The molecule has 0 saturated heterocycles. The first kappa shape index (κ1) is 12.8. The van der Waals surface area contributed by atoms with Crippen molar-refractivity contribution < 1.29 is 0 Å². The maximum atomic E-state index is 4.71. The first-order valence-electron chi connectivity index (χ1n) is 5.91. The standard InChI is InChI=1S/C14H22N2/c1-6-7-12(4)16-14-11(3)8-10(2)9-13(14)15-5/h8-9,15H,6-7H2,1-5H3. The Kier molecular flexibility index (Phi) is 4.53. The lowest BCUT2D eigenvalue weighted by molar-refractivity contribution is 0.987. The Balaban J connectivity index is 3.16. The van der Waals surface area contributed by atoms with E-state index in [-0.39, 0.29) is 0 Å². The van der Waals surface area contributed by atoms with Crippen LogP contribution in [0.2, 0.25) is 0 Å². The Morgan fingerprint density at radius 1 is 1.31 bits per heavy atom. The summed E-state index contributed by atoms with van der Waals surface area (Å²) in [7, 11) is 1.95. The number of anilines is 1. The van der Waals surface area contributed by atoms with Crippen LogP contribution in [0.25, 0.3) is 0 Å². The average Bonchev–Trinajstić information content (AvgIpc) is 2.22. The number of nitrogens with zero attached hydrogens (tertiary/aromatic N) is 1. The highest BCUT2D eigenvalue weighted by Gasteiger charge is 2.05. The van der Waals surface area contributed by atoms with E-state index in [0.717, 1.165) is 24.2 Å². The van der Waals surface area contributed by atoms with E-state index in [1.165, 1.54) is 16.8 Å². The molecule has 0 aliphatic rings. The fraction of sp³-hybridized carbons (Fsp3) is 0.500. The van der Waals surface area contributed by atoms with Crippen LogP contribution >= 0.6 is 0 Å². The number of aryl methyl sites for hydroxylation is 2. The van der Waals surface area contributed by atoms with Gasteiger partial charge in [-0.3, -0.25) is 4.99 Å². The summed E-state index contributed by atoms with van der Waals surface area (Å²) >= 11 is 0. The fourth-order valence-electron chi connectivity index (χ4n) is 1.91. The summed E-state index contributed by atoms with van der Waals surface area (Å²) in [5.41, 5.74) is 5.91. The van der Waals surface area contributed by atoms with Crippen molar-refractivity contribution >= 4 is 17.1 Å². The Hall–Kier alpha value is -1.31. The number of rotatable bonds is 4. The van der Waals surface area contributed by atoms with E-state index in [2.05, 4.69) is 45.1 Å². The summed E-state index contributed by atoms with van der Waals surface area (Å²) in [6.45, 7) is 8.51. The molecule has 0 amide bonds. The van der Waals surface area contributed by atoms with Gasteiger partial charge in [0.05, 0.1) is 11.4 Å². The van der Waals surface area contributed by atoms with Crippen LogP contribution in [0.4, 0.5) is 11.4 Å². The molecule has 0 spiro atoms. The van der Waals surface area contributed by atoms with Gasteiger partial charge in [0.25, 0.3) is 0 Å². The predicted molar refractivity (Wildman–Crippen MR) is 73.1 cm³/mol. The van der Waals surface area contributed by atoms with Gasteiger partial charge in [-0.2, -0.15) is 0 Å². The van der Waals surface area contributed by atoms with E-state index in [4.69, 9.17) is 4.99 Å². The predicted octanol–water partition coefficient (Wildman–Crippen LogP) is 4.24. The molecular weight excluding hydrogens is 196 g/mol. The summed E-state index contributed by atoms with van der Waals surface area (Å²) in [5.74, 6) is 0. The minimum Gasteiger partial charge on any atom is -0.386 e. The molecule has 2 heteroatoms. The molecule has 16 heavy (non-hydrogen) atoms. The quantitative estimate of drug-likeness (QED) is 0.751. The largest absolute Gasteiger partial charge is 0.386 e. The van der Waals surface area contributed by atoms with E-state index >= 15 is 0 Å². The molecule has 0 saturated carbocycles. The highest BCUT2D eigenvalue weighted by molar-refractivity contribution is 5.87. The van der Waals surface area contributed by atoms with E-state index in [0.29, 0.717) is 0 Å². The van der Waals surface area contributed by atoms with E-state index < -0.39 is 0 Å². The van der Waals surface area contributed by atoms with Crippen LogP contribution in [0.15, 0.2) is 17.1 Å². The molecule has 0 unspecified atom stereocenters. The van der Waals surface area contributed by atoms with Crippen molar-refractivity contribution in [3.8, 4) is 0 Å². The molecule has 0 heterocycles. The van der Waals surface area contributed by atoms with Gasteiger partial charge >= 0.3 is 0 Å². The summed E-state index contributed by atoms with van der Waals surface area (Å²) < 4.78 is 0. The van der Waals surface area contributed by atoms with Crippen molar-refractivity contribution in [2.75, 3.05) is 12.4 Å². The van der Waals surface area contributed by atoms with Gasteiger partial charge in [-0.05, 0) is 44.4 Å². The van der Waals surface area contributed by atoms with Crippen LogP contribution in [0.1, 0.15) is 37.8 Å². The molecular formula is C14H22N2. The second kappa shape index (κ2) is 5.69. The Labute approximate surface area is 98.8 Å². The van der Waals surface area contributed by atoms with E-state index in [9.17, 15) is 0 Å². The van der Waals surface area contributed by atoms with Crippen LogP contribution in [0, 0.1) is 13.8 Å². The van der Waals surface area contributed by atoms with Gasteiger partial charge in [-0.15, -0.1) is 0 Å². The molecule has 0 aliphatic heterocycles. The summed E-state index contributed by atoms with van der Waals surface area (Å²) in [6.07, 6.45) is 2.21. The molecule has 0 fully saturated rings. The first-order valence-corrected chi connectivity index (χ1v) is 5.91. The lowest BCUT2D eigenvalue weighted by atomic mass is 10.1. The minimum absolute atomic E-state index is 1.07. The van der Waals surface area contributed by atoms with Crippen molar-refractivity contribution in [3.63, 3.8) is 0 Å². The lowest BCUT2D eigenvalue weighted by Crippen LogP contribution is -1.95. The zero-order chi connectivity index (χ0) is 12.1. The van der Waals surface area contributed by atoms with E-state index in [1.807, 2.05) is 7.05 Å². The van der Waals surface area contributed by atoms with Crippen molar-refractivity contribution in [2.45, 2.75) is 40.5 Å². The van der Waals surface area contributed by atoms with Gasteiger partial charge in [-0.25, -0.2) is 0 Å². The number of aliphatic imine (C=N–C) groups is 1. The summed E-state index contributed by atoms with van der Waals surface area (Å²) in [6, 6.07) is 4.32. The number of hydrogen-bond donors (Lipinski definition) is 1. The molecule has 1 rings (SSSR count). The smallest absolute Gasteiger partial charge is 0.0889 e. The van der Waals surface area contributed by atoms with Gasteiger partial charge in [0.15, 0.2) is 0 Å². The third-order valence-corrected chi connectivity index (χ3v) is 2.63. The summed E-state index contributed by atoms with van der Waals surface area (Å²) in [5, 5.41) is 3.22. The molecule has 2 nitrogen and oxygen atoms in total. The highest BCUT2D eigenvalue weighted by Crippen LogP contribution is 2.30. The topological polar surface area (TPSA) is 24.4 Å². The Morgan fingerprint density at radius 3 is 2.56 bits per heavy atom. The lowest BCUT2D eigenvalue weighted by Gasteiger charge is -2.11. The number of nitrogens with one attached hydrogen (secondary N) is 1. The normalized spacial score (nSPS) is 11.7. The molecule has 1 aromatic rings. The van der Waals surface area contributed by atoms with Crippen LogP contribution in [-0.4, -0.2) is 12.8 Å². The van der Waals surface area contributed by atoms with Crippen LogP contribution in [-0.2, 0) is 0 Å². The SMILES string of the molecule is CCCC(C)=Nc1c(C)cc(C)cc1NC. The molecule has 0 atom stereocenters. The maximum Gasteiger partial charge on any atom is 0.0889 e. The zero-order valence-corrected chi connectivity index (χ0v) is 11.0. The molecule has 88 valence electrons. The van der Waals surface area contributed by atoms with Crippen LogP contribution in [0.5, 0.6) is 0 Å². The van der Waals surface area contributed by atoms with Crippen molar-refractivity contribution in [2.24, 2.45) is 4.99 Å². The van der Waals surface area contributed by atoms with Gasteiger partial charge in [-0.1, -0.05) is 19.4 Å². The van der Waals surface area contributed by atoms with E-state index in [1.54, 1.807) is 0 Å². The molecule has 0 bridgehead atoms. The third-order valence-electron chi connectivity index (χ3n) is 2.63. The second-order valence-electron chi connectivity index (χ2n) is 4.33. The van der Waals surface area contributed by atoms with Crippen molar-refractivity contribution in [1.82, 2.24) is 0 Å². The monoisotopic (exact) mass is 218 g/mol. The summed E-state index contributed by atoms with van der Waals surface area (Å²) in [4.78, 5) is 4.71. The number of benzene rings is 1. The van der Waals surface area contributed by atoms with Crippen LogP contribution in [0.3, 0.4) is 0 Å².